The van der Waals surface area contributed by atoms with Crippen molar-refractivity contribution in [2.75, 3.05) is 45.9 Å². The van der Waals surface area contributed by atoms with Crippen LogP contribution in [0.15, 0.2) is 54.6 Å². The number of phenols is 1. The SMILES string of the molecule is CC[C@H](C)[C@H](NC(=O)[C@H](CC(N)=O)NC(=O)[C@@H](NC(=O)[C@H](Cc1ccc(O)cc1)NC(=O)[C@H](CCC(=O)O)NC(=O)CNC(=O)[C@@H]1CCCN1C(=O)[C@H](CO)NC(=O)[C@H](CCCCN)NC(=O)[C@H](CCCCN)NC(=O)[C@@H](N)CCCCN)C(C)C)C(=O)N[C@@H](C)C(=O)N[C@@H](Cc1ccccc1)C(=O)NCC(=O)O. The van der Waals surface area contributed by atoms with Gasteiger partial charge < -0.3 is 118 Å². The van der Waals surface area contributed by atoms with Crippen LogP contribution in [0.5, 0.6) is 5.75 Å². The van der Waals surface area contributed by atoms with Crippen molar-refractivity contribution in [2.45, 2.75) is 216 Å². The molecular formula is C71H112N18O20. The highest BCUT2D eigenvalue weighted by Crippen LogP contribution is 2.20. The molecule has 13 atom stereocenters. The number of aliphatic hydroxyl groups is 1. The number of phenolic OH excluding ortho intramolecular Hbond substituents is 1. The maximum atomic E-state index is 14.6. The summed E-state index contributed by atoms with van der Waals surface area (Å²) in [6.07, 6.45) is 1.28. The molecule has 2 aromatic carbocycles. The first-order valence-corrected chi connectivity index (χ1v) is 36.6. The van der Waals surface area contributed by atoms with E-state index in [4.69, 9.17) is 33.8 Å². The molecule has 0 aromatic heterocycles. The van der Waals surface area contributed by atoms with Gasteiger partial charge in [-0.25, -0.2) is 0 Å². The first-order valence-electron chi connectivity index (χ1n) is 36.6. The second kappa shape index (κ2) is 48.8. The molecule has 26 N–H and O–H groups in total. The maximum Gasteiger partial charge on any atom is 0.322 e. The van der Waals surface area contributed by atoms with Crippen molar-refractivity contribution in [3.63, 3.8) is 0 Å². The zero-order valence-corrected chi connectivity index (χ0v) is 62.4. The van der Waals surface area contributed by atoms with Gasteiger partial charge in [-0.1, -0.05) is 83.0 Å². The smallest absolute Gasteiger partial charge is 0.322 e. The first-order chi connectivity index (χ1) is 51.7. The molecule has 38 nitrogen and oxygen atoms in total. The molecule has 0 radical (unpaired) electrons. The number of hydrogen-bond donors (Lipinski definition) is 21. The Morgan fingerprint density at radius 3 is 1.50 bits per heavy atom. The fraction of sp³-hybridized carbons (Fsp3) is 0.606. The molecule has 0 unspecified atom stereocenters. The number of aromatic hydroxyl groups is 1. The van der Waals surface area contributed by atoms with Gasteiger partial charge in [0.05, 0.1) is 25.6 Å². The second-order valence-electron chi connectivity index (χ2n) is 27.1. The summed E-state index contributed by atoms with van der Waals surface area (Å²) in [6.45, 7) is 5.83. The quantitative estimate of drug-likeness (QED) is 0.0275. The number of carbonyl (C=O) groups is 16. The highest BCUT2D eigenvalue weighted by Gasteiger charge is 2.41. The molecule has 1 heterocycles. The molecule has 1 saturated heterocycles. The lowest BCUT2D eigenvalue weighted by atomic mass is 9.97. The number of carboxylic acid groups (broad SMARTS) is 2. The van der Waals surface area contributed by atoms with E-state index >= 15 is 0 Å². The third-order valence-corrected chi connectivity index (χ3v) is 18.0. The number of amides is 14. The Labute approximate surface area is 632 Å². The summed E-state index contributed by atoms with van der Waals surface area (Å²) in [5.41, 5.74) is 29.6. The number of likely N-dealkylation sites (tertiary alicyclic amines) is 1. The molecular weight excluding hydrogens is 1420 g/mol. The van der Waals surface area contributed by atoms with Gasteiger partial charge in [0, 0.05) is 25.8 Å². The van der Waals surface area contributed by atoms with Crippen molar-refractivity contribution >= 4 is 94.6 Å². The summed E-state index contributed by atoms with van der Waals surface area (Å²) in [6, 6.07) is -3.49. The number of nitrogens with two attached hydrogens (primary N) is 5. The third-order valence-electron chi connectivity index (χ3n) is 18.0. The number of primary amides is 1. The van der Waals surface area contributed by atoms with Crippen molar-refractivity contribution in [3.05, 3.63) is 65.7 Å². The minimum absolute atomic E-state index is 0.0225. The summed E-state index contributed by atoms with van der Waals surface area (Å²) < 4.78 is 0. The highest BCUT2D eigenvalue weighted by molar-refractivity contribution is 6.01. The molecule has 0 bridgehead atoms. The fourth-order valence-electron chi connectivity index (χ4n) is 11.5. The van der Waals surface area contributed by atoms with Crippen molar-refractivity contribution < 1.29 is 97.1 Å². The largest absolute Gasteiger partial charge is 0.508 e. The Hall–Kier alpha value is -10.4. The summed E-state index contributed by atoms with van der Waals surface area (Å²) in [5, 5.41) is 69.2. The zero-order valence-electron chi connectivity index (χ0n) is 62.4. The van der Waals surface area contributed by atoms with E-state index in [0.717, 1.165) is 4.90 Å². The number of aliphatic carboxylic acids is 2. The van der Waals surface area contributed by atoms with E-state index in [1.165, 1.54) is 45.0 Å². The standard InChI is InChI=1S/C71H112N18O20/c1-6-40(4)59(70(108)79-41(5)60(98)83-49(62(100)78-37-57(96)97)33-42-17-8-7-9-18-42)88-67(105)51(35-54(76)92)85-69(107)58(39(2)3)87-66(104)50(34-43-23-25-44(91)26-24-43)84-65(103)48(27-28-56(94)95)80-55(93)36-77-68(106)53-22-16-32-89(53)71(109)52(38-90)86-64(102)47(21-12-15-31-74)82-63(101)46(20-11-14-30-73)81-61(99)45(75)19-10-13-29-72/h7-9,17-18,23-26,39-41,45-53,58-59,90-91H,6,10-16,19-22,27-38,72-75H2,1-5H3,(H2,76,92)(H,77,106)(H,78,100)(H,79,108)(H,80,93)(H,81,99)(H,82,101)(H,83,98)(H,84,103)(H,85,107)(H,86,102)(H,87,104)(H,88,105)(H,94,95)(H,96,97)/t40-,41-,45-,46-,47-,48-,49-,50-,51-,52-,53-,58-,59-/m0/s1. The number of benzene rings is 2. The number of aliphatic hydroxyl groups excluding tert-OH is 1. The normalized spacial score (nSPS) is 15.8. The number of nitrogens with one attached hydrogen (secondary N) is 12. The Kier molecular flexibility index (Phi) is 41.5. The van der Waals surface area contributed by atoms with Gasteiger partial charge in [0.2, 0.25) is 82.7 Å². The predicted molar refractivity (Wildman–Crippen MR) is 394 cm³/mol. The fourth-order valence-corrected chi connectivity index (χ4v) is 11.5. The van der Waals surface area contributed by atoms with E-state index in [0.29, 0.717) is 69.2 Å². The lowest BCUT2D eigenvalue weighted by Gasteiger charge is -2.30. The monoisotopic (exact) mass is 1540 g/mol. The van der Waals surface area contributed by atoms with Crippen LogP contribution in [0.4, 0.5) is 0 Å². The molecule has 2 aromatic rings. The predicted octanol–water partition coefficient (Wildman–Crippen LogP) is -5.50. The van der Waals surface area contributed by atoms with Gasteiger partial charge in [0.1, 0.15) is 78.8 Å². The van der Waals surface area contributed by atoms with Crippen LogP contribution in [0.2, 0.25) is 0 Å². The Bertz CT molecular complexity index is 3390. The summed E-state index contributed by atoms with van der Waals surface area (Å²) in [4.78, 5) is 218. The Morgan fingerprint density at radius 2 is 0.972 bits per heavy atom. The minimum atomic E-state index is -1.82. The molecule has 38 heteroatoms. The van der Waals surface area contributed by atoms with Crippen LogP contribution in [-0.4, -0.2) is 238 Å². The molecule has 14 amide bonds. The lowest BCUT2D eigenvalue weighted by molar-refractivity contribution is -0.143. The van der Waals surface area contributed by atoms with E-state index < -0.39 is 218 Å². The molecule has 1 aliphatic rings. The topological polar surface area (TPSA) is 632 Å². The van der Waals surface area contributed by atoms with Gasteiger partial charge in [-0.2, -0.15) is 0 Å². The number of carbonyl (C=O) groups excluding carboxylic acids is 14. The van der Waals surface area contributed by atoms with E-state index in [-0.39, 0.29) is 63.8 Å². The average Bonchev–Trinajstić information content (AvgIpc) is 1.80. The molecule has 0 spiro atoms. The third kappa shape index (κ3) is 33.3. The van der Waals surface area contributed by atoms with E-state index in [2.05, 4.69) is 63.8 Å². The maximum absolute atomic E-state index is 14.6. The average molecular weight is 1540 g/mol. The lowest BCUT2D eigenvalue weighted by Crippen LogP contribution is -2.62. The Morgan fingerprint density at radius 1 is 0.495 bits per heavy atom. The van der Waals surface area contributed by atoms with Crippen molar-refractivity contribution in [1.29, 1.82) is 0 Å². The van der Waals surface area contributed by atoms with E-state index in [1.807, 2.05) is 0 Å². The van der Waals surface area contributed by atoms with Crippen molar-refractivity contribution in [2.24, 2.45) is 40.5 Å². The zero-order chi connectivity index (χ0) is 81.4. The summed E-state index contributed by atoms with van der Waals surface area (Å²) in [7, 11) is 0. The van der Waals surface area contributed by atoms with E-state index in [1.54, 1.807) is 44.2 Å². The highest BCUT2D eigenvalue weighted by atomic mass is 16.4. The van der Waals surface area contributed by atoms with Gasteiger partial charge in [-0.3, -0.25) is 76.7 Å². The number of nitrogens with zero attached hydrogens (tertiary/aromatic N) is 1. The molecule has 1 aliphatic heterocycles. The molecule has 606 valence electrons. The Balaban J connectivity index is 1.82. The number of carboxylic acids is 2. The molecule has 3 rings (SSSR count). The van der Waals surface area contributed by atoms with Gasteiger partial charge in [-0.05, 0) is 132 Å². The van der Waals surface area contributed by atoms with Crippen LogP contribution < -0.4 is 92.5 Å². The molecule has 109 heavy (non-hydrogen) atoms. The first kappa shape index (κ1) is 92.8. The van der Waals surface area contributed by atoms with Gasteiger partial charge in [-0.15, -0.1) is 0 Å². The minimum Gasteiger partial charge on any atom is -0.508 e. The van der Waals surface area contributed by atoms with Crippen LogP contribution in [0.25, 0.3) is 0 Å². The van der Waals surface area contributed by atoms with Crippen LogP contribution in [-0.2, 0) is 89.6 Å². The molecule has 0 saturated carbocycles. The van der Waals surface area contributed by atoms with Gasteiger partial charge >= 0.3 is 11.9 Å². The van der Waals surface area contributed by atoms with Crippen LogP contribution >= 0.6 is 0 Å². The van der Waals surface area contributed by atoms with Gasteiger partial charge in [0.25, 0.3) is 0 Å². The summed E-state index contributed by atoms with van der Waals surface area (Å²) in [5.74, 6) is -17.6. The number of rotatable bonds is 51. The van der Waals surface area contributed by atoms with Crippen LogP contribution in [0, 0.1) is 11.8 Å². The van der Waals surface area contributed by atoms with Crippen molar-refractivity contribution in [1.82, 2.24) is 68.7 Å². The van der Waals surface area contributed by atoms with Crippen molar-refractivity contribution in [3.8, 4) is 5.75 Å². The van der Waals surface area contributed by atoms with Crippen LogP contribution in [0.3, 0.4) is 0 Å². The van der Waals surface area contributed by atoms with E-state index in [9.17, 15) is 92.0 Å². The summed E-state index contributed by atoms with van der Waals surface area (Å²) >= 11 is 0. The molecule has 0 aliphatic carbocycles. The molecule has 1 fully saturated rings. The number of hydrogen-bond acceptors (Lipinski definition) is 22. The van der Waals surface area contributed by atoms with Gasteiger partial charge in [0.15, 0.2) is 0 Å². The van der Waals surface area contributed by atoms with Crippen LogP contribution in [0.1, 0.15) is 142 Å². The second-order valence-corrected chi connectivity index (χ2v) is 27.1. The number of unbranched alkanes of at least 4 members (excludes halogenated alkanes) is 3.